The van der Waals surface area contributed by atoms with Crippen LogP contribution in [0.4, 0.5) is 5.69 Å². The molecule has 1 aromatic rings. The Balaban J connectivity index is 3.02. The SMILES string of the molecule is C=CS(=O)(=O)Nc1ccc(S(C)(=O)=O)cc1. The van der Waals surface area contributed by atoms with Crippen molar-refractivity contribution in [3.63, 3.8) is 0 Å². The van der Waals surface area contributed by atoms with Gasteiger partial charge in [-0.25, -0.2) is 16.8 Å². The zero-order valence-corrected chi connectivity index (χ0v) is 10.2. The van der Waals surface area contributed by atoms with E-state index < -0.39 is 19.9 Å². The van der Waals surface area contributed by atoms with E-state index in [-0.39, 0.29) is 10.6 Å². The van der Waals surface area contributed by atoms with Gasteiger partial charge in [0.2, 0.25) is 0 Å². The van der Waals surface area contributed by atoms with Crippen molar-refractivity contribution in [2.24, 2.45) is 0 Å². The normalized spacial score (nSPS) is 12.1. The summed E-state index contributed by atoms with van der Waals surface area (Å²) in [7, 11) is -6.82. The molecule has 0 aliphatic rings. The highest BCUT2D eigenvalue weighted by Crippen LogP contribution is 2.15. The summed E-state index contributed by atoms with van der Waals surface area (Å²) in [5, 5.41) is 0.775. The Labute approximate surface area is 94.8 Å². The summed E-state index contributed by atoms with van der Waals surface area (Å²) in [5.41, 5.74) is 0.285. The van der Waals surface area contributed by atoms with Gasteiger partial charge in [-0.3, -0.25) is 4.72 Å². The van der Waals surface area contributed by atoms with E-state index in [4.69, 9.17) is 0 Å². The predicted molar refractivity (Wildman–Crippen MR) is 62.3 cm³/mol. The van der Waals surface area contributed by atoms with Crippen molar-refractivity contribution in [2.45, 2.75) is 4.90 Å². The van der Waals surface area contributed by atoms with Gasteiger partial charge in [-0.05, 0) is 24.3 Å². The predicted octanol–water partition coefficient (Wildman–Crippen LogP) is 0.975. The Morgan fingerprint density at radius 1 is 1.12 bits per heavy atom. The second-order valence-corrected chi connectivity index (χ2v) is 6.75. The Morgan fingerprint density at radius 2 is 1.62 bits per heavy atom. The molecule has 16 heavy (non-hydrogen) atoms. The van der Waals surface area contributed by atoms with E-state index in [1.165, 1.54) is 24.3 Å². The van der Waals surface area contributed by atoms with Crippen LogP contribution in [0.25, 0.3) is 0 Å². The highest BCUT2D eigenvalue weighted by atomic mass is 32.2. The van der Waals surface area contributed by atoms with Crippen molar-refractivity contribution in [3.05, 3.63) is 36.3 Å². The summed E-state index contributed by atoms with van der Waals surface area (Å²) < 4.78 is 46.7. The maximum Gasteiger partial charge on any atom is 0.254 e. The first-order valence-electron chi connectivity index (χ1n) is 4.20. The molecular weight excluding hydrogens is 250 g/mol. The zero-order chi connectivity index (χ0) is 12.4. The molecule has 5 nitrogen and oxygen atoms in total. The fraction of sp³-hybridized carbons (Fsp3) is 0.111. The molecule has 0 aromatic heterocycles. The van der Waals surface area contributed by atoms with Crippen molar-refractivity contribution >= 4 is 25.5 Å². The molecule has 0 spiro atoms. The first-order valence-corrected chi connectivity index (χ1v) is 7.64. The summed E-state index contributed by atoms with van der Waals surface area (Å²) in [6.07, 6.45) is 1.08. The molecule has 0 atom stereocenters. The molecule has 0 bridgehead atoms. The summed E-state index contributed by atoms with van der Waals surface area (Å²) >= 11 is 0. The average Bonchev–Trinajstić information content (AvgIpc) is 2.16. The topological polar surface area (TPSA) is 80.3 Å². The molecule has 0 aliphatic heterocycles. The Hall–Kier alpha value is -1.34. The minimum absolute atomic E-state index is 0.133. The summed E-state index contributed by atoms with van der Waals surface area (Å²) in [6.45, 7) is 3.14. The molecule has 0 saturated carbocycles. The van der Waals surface area contributed by atoms with Gasteiger partial charge in [0, 0.05) is 17.4 Å². The number of rotatable bonds is 4. The molecule has 7 heteroatoms. The van der Waals surface area contributed by atoms with E-state index in [2.05, 4.69) is 11.3 Å². The molecule has 0 amide bonds. The zero-order valence-electron chi connectivity index (χ0n) is 8.54. The van der Waals surface area contributed by atoms with Gasteiger partial charge in [0.05, 0.1) is 4.90 Å². The molecular formula is C9H11NO4S2. The Bertz CT molecular complexity index is 585. The van der Waals surface area contributed by atoms with E-state index >= 15 is 0 Å². The van der Waals surface area contributed by atoms with Crippen LogP contribution in [0.2, 0.25) is 0 Å². The first kappa shape index (κ1) is 12.7. The van der Waals surface area contributed by atoms with Gasteiger partial charge in [-0.1, -0.05) is 6.58 Å². The number of benzene rings is 1. The van der Waals surface area contributed by atoms with Crippen molar-refractivity contribution in [3.8, 4) is 0 Å². The molecule has 1 rings (SSSR count). The number of anilines is 1. The van der Waals surface area contributed by atoms with Crippen LogP contribution >= 0.6 is 0 Å². The molecule has 0 fully saturated rings. The molecule has 0 radical (unpaired) electrons. The van der Waals surface area contributed by atoms with Crippen molar-refractivity contribution in [2.75, 3.05) is 11.0 Å². The number of sulfone groups is 1. The van der Waals surface area contributed by atoms with E-state index in [1.54, 1.807) is 0 Å². The third-order valence-corrected chi connectivity index (χ3v) is 3.85. The molecule has 1 aromatic carbocycles. The molecule has 88 valence electrons. The number of nitrogens with one attached hydrogen (secondary N) is 1. The van der Waals surface area contributed by atoms with E-state index in [0.717, 1.165) is 11.7 Å². The molecule has 0 saturated heterocycles. The number of hydrogen-bond donors (Lipinski definition) is 1. The maximum atomic E-state index is 11.1. The third kappa shape index (κ3) is 3.35. The summed E-state index contributed by atoms with van der Waals surface area (Å²) in [6, 6.07) is 5.40. The lowest BCUT2D eigenvalue weighted by Gasteiger charge is -2.04. The highest BCUT2D eigenvalue weighted by Gasteiger charge is 2.08. The lowest BCUT2D eigenvalue weighted by atomic mass is 10.3. The molecule has 0 heterocycles. The first-order chi connectivity index (χ1) is 7.24. The monoisotopic (exact) mass is 261 g/mol. The highest BCUT2D eigenvalue weighted by molar-refractivity contribution is 7.95. The smallest absolute Gasteiger partial charge is 0.254 e. The average molecular weight is 261 g/mol. The van der Waals surface area contributed by atoms with E-state index in [0.29, 0.717) is 0 Å². The summed E-state index contributed by atoms with van der Waals surface area (Å²) in [4.78, 5) is 0.133. The number of sulfonamides is 1. The lowest BCUT2D eigenvalue weighted by Crippen LogP contribution is -2.08. The minimum Gasteiger partial charge on any atom is -0.280 e. The fourth-order valence-electron chi connectivity index (χ4n) is 0.976. The van der Waals surface area contributed by atoms with Crippen LogP contribution in [-0.4, -0.2) is 23.1 Å². The van der Waals surface area contributed by atoms with Crippen molar-refractivity contribution < 1.29 is 16.8 Å². The van der Waals surface area contributed by atoms with Crippen molar-refractivity contribution in [1.29, 1.82) is 0 Å². The van der Waals surface area contributed by atoms with Gasteiger partial charge in [0.15, 0.2) is 9.84 Å². The van der Waals surface area contributed by atoms with Gasteiger partial charge >= 0.3 is 0 Å². The molecule has 0 unspecified atom stereocenters. The van der Waals surface area contributed by atoms with Gasteiger partial charge in [0.25, 0.3) is 10.0 Å². The van der Waals surface area contributed by atoms with Gasteiger partial charge < -0.3 is 0 Å². The van der Waals surface area contributed by atoms with Gasteiger partial charge in [0.1, 0.15) is 0 Å². The van der Waals surface area contributed by atoms with Crippen LogP contribution in [-0.2, 0) is 19.9 Å². The van der Waals surface area contributed by atoms with Crippen LogP contribution in [0.5, 0.6) is 0 Å². The molecule has 1 N–H and O–H groups in total. The fourth-order valence-corrected chi connectivity index (χ4v) is 2.15. The standard InChI is InChI=1S/C9H11NO4S2/c1-3-16(13,14)10-8-4-6-9(7-5-8)15(2,11)12/h3-7,10H,1H2,2H3. The molecule has 0 aliphatic carbocycles. The lowest BCUT2D eigenvalue weighted by molar-refractivity contribution is 0.601. The maximum absolute atomic E-state index is 11.1. The van der Waals surface area contributed by atoms with Crippen molar-refractivity contribution in [1.82, 2.24) is 0 Å². The minimum atomic E-state index is -3.56. The third-order valence-electron chi connectivity index (χ3n) is 1.76. The number of hydrogen-bond acceptors (Lipinski definition) is 4. The second-order valence-electron chi connectivity index (χ2n) is 3.11. The van der Waals surface area contributed by atoms with Crippen LogP contribution in [0, 0.1) is 0 Å². The quantitative estimate of drug-likeness (QED) is 0.876. The van der Waals surface area contributed by atoms with Crippen LogP contribution in [0.15, 0.2) is 41.1 Å². The van der Waals surface area contributed by atoms with E-state index in [1.807, 2.05) is 0 Å². The van der Waals surface area contributed by atoms with Gasteiger partial charge in [-0.15, -0.1) is 0 Å². The van der Waals surface area contributed by atoms with Crippen LogP contribution in [0.1, 0.15) is 0 Å². The Kier molecular flexibility index (Phi) is 3.39. The second kappa shape index (κ2) is 4.26. The Morgan fingerprint density at radius 3 is 2.00 bits per heavy atom. The van der Waals surface area contributed by atoms with Gasteiger partial charge in [-0.2, -0.15) is 0 Å². The van der Waals surface area contributed by atoms with E-state index in [9.17, 15) is 16.8 Å². The van der Waals surface area contributed by atoms with Crippen LogP contribution < -0.4 is 4.72 Å². The van der Waals surface area contributed by atoms with Crippen LogP contribution in [0.3, 0.4) is 0 Å². The summed E-state index contributed by atoms with van der Waals surface area (Å²) in [5.74, 6) is 0. The largest absolute Gasteiger partial charge is 0.280 e.